The maximum atomic E-state index is 12.8. The lowest BCUT2D eigenvalue weighted by Gasteiger charge is -2.33. The first-order valence-corrected chi connectivity index (χ1v) is 11.1. The fraction of sp³-hybridized carbons (Fsp3) is 0.478. The molecule has 2 amide bonds. The van der Waals surface area contributed by atoms with Crippen molar-refractivity contribution in [1.82, 2.24) is 10.2 Å². The van der Waals surface area contributed by atoms with Crippen molar-refractivity contribution < 1.29 is 14.3 Å². The van der Waals surface area contributed by atoms with E-state index in [2.05, 4.69) is 35.6 Å². The van der Waals surface area contributed by atoms with E-state index in [0.717, 1.165) is 30.6 Å². The van der Waals surface area contributed by atoms with Gasteiger partial charge in [0.25, 0.3) is 5.91 Å². The van der Waals surface area contributed by atoms with Gasteiger partial charge in [-0.15, -0.1) is 11.3 Å². The smallest absolute Gasteiger partial charge is 0.410 e. The number of amides is 2. The molecule has 1 aliphatic heterocycles. The second-order valence-electron chi connectivity index (χ2n) is 8.84. The van der Waals surface area contributed by atoms with E-state index in [0.29, 0.717) is 13.1 Å². The van der Waals surface area contributed by atoms with E-state index < -0.39 is 5.60 Å². The molecule has 0 atom stereocenters. The molecule has 2 heterocycles. The molecule has 1 aromatic heterocycles. The minimum atomic E-state index is -0.487. The van der Waals surface area contributed by atoms with Crippen molar-refractivity contribution in [3.05, 3.63) is 46.3 Å². The summed E-state index contributed by atoms with van der Waals surface area (Å²) in [5.41, 5.74) is 3.42. The molecule has 1 aliphatic carbocycles. The van der Waals surface area contributed by atoms with Gasteiger partial charge >= 0.3 is 6.09 Å². The minimum absolute atomic E-state index is 0.00222. The molecule has 0 unspecified atom stereocenters. The zero-order valence-corrected chi connectivity index (χ0v) is 18.1. The van der Waals surface area contributed by atoms with E-state index in [1.165, 1.54) is 21.6 Å². The number of ether oxygens (including phenoxy) is 1. The predicted molar refractivity (Wildman–Crippen MR) is 115 cm³/mol. The number of piperidine rings is 1. The average molecular weight is 413 g/mol. The number of aryl methyl sites for hydroxylation is 2. The van der Waals surface area contributed by atoms with Gasteiger partial charge in [0.05, 0.1) is 4.88 Å². The van der Waals surface area contributed by atoms with Gasteiger partial charge < -0.3 is 15.0 Å². The van der Waals surface area contributed by atoms with E-state index >= 15 is 0 Å². The van der Waals surface area contributed by atoms with Crippen molar-refractivity contribution in [3.63, 3.8) is 0 Å². The summed E-state index contributed by atoms with van der Waals surface area (Å²) in [7, 11) is 0. The fourth-order valence-corrected chi connectivity index (χ4v) is 5.15. The number of nitrogens with zero attached hydrogens (tertiary/aromatic N) is 1. The van der Waals surface area contributed by atoms with Crippen molar-refractivity contribution in [1.29, 1.82) is 0 Å². The molecule has 6 heteroatoms. The Balaban J connectivity index is 1.36. The van der Waals surface area contributed by atoms with Gasteiger partial charge in [0.2, 0.25) is 0 Å². The van der Waals surface area contributed by atoms with Gasteiger partial charge in [-0.05, 0) is 69.2 Å². The maximum Gasteiger partial charge on any atom is 0.410 e. The van der Waals surface area contributed by atoms with E-state index in [-0.39, 0.29) is 18.0 Å². The summed E-state index contributed by atoms with van der Waals surface area (Å²) in [6.07, 6.45) is 3.25. The summed E-state index contributed by atoms with van der Waals surface area (Å²) >= 11 is 1.59. The van der Waals surface area contributed by atoms with E-state index in [4.69, 9.17) is 4.74 Å². The molecule has 4 rings (SSSR count). The second kappa shape index (κ2) is 7.82. The SMILES string of the molecule is CC(C)(C)OC(=O)N1CCC(NC(=O)c2cc3c(s2)-c2ccccc2CC3)CC1. The molecule has 1 fully saturated rings. The number of carbonyl (C=O) groups excluding carboxylic acids is 2. The Morgan fingerprint density at radius 2 is 1.79 bits per heavy atom. The summed E-state index contributed by atoms with van der Waals surface area (Å²) in [5, 5.41) is 3.17. The number of hydrogen-bond donors (Lipinski definition) is 1. The largest absolute Gasteiger partial charge is 0.444 e. The molecule has 0 spiro atoms. The van der Waals surface area contributed by atoms with Crippen LogP contribution in [0.5, 0.6) is 0 Å². The number of carbonyl (C=O) groups is 2. The topological polar surface area (TPSA) is 58.6 Å². The standard InChI is InChI=1S/C23H28N2O3S/c1-23(2,3)28-22(27)25-12-10-17(11-13-25)24-21(26)19-14-16-9-8-15-6-4-5-7-18(15)20(16)29-19/h4-7,14,17H,8-13H2,1-3H3,(H,24,26). The molecule has 0 saturated carbocycles. The van der Waals surface area contributed by atoms with Gasteiger partial charge in [0, 0.05) is 24.0 Å². The highest BCUT2D eigenvalue weighted by atomic mass is 32.1. The van der Waals surface area contributed by atoms with Gasteiger partial charge in [-0.3, -0.25) is 4.79 Å². The molecule has 1 N–H and O–H groups in total. The highest BCUT2D eigenvalue weighted by molar-refractivity contribution is 7.17. The normalized spacial score (nSPS) is 16.7. The van der Waals surface area contributed by atoms with Crippen LogP contribution in [0.2, 0.25) is 0 Å². The molecule has 2 aromatic rings. The molecule has 0 bridgehead atoms. The van der Waals surface area contributed by atoms with Gasteiger partial charge in [-0.25, -0.2) is 4.79 Å². The summed E-state index contributed by atoms with van der Waals surface area (Å²) in [6.45, 7) is 6.83. The van der Waals surface area contributed by atoms with Crippen LogP contribution in [-0.4, -0.2) is 41.6 Å². The Kier molecular flexibility index (Phi) is 5.38. The highest BCUT2D eigenvalue weighted by Gasteiger charge is 2.28. The van der Waals surface area contributed by atoms with Crippen molar-refractivity contribution in [2.75, 3.05) is 13.1 Å². The quantitative estimate of drug-likeness (QED) is 0.782. The molecule has 1 saturated heterocycles. The van der Waals surface area contributed by atoms with Crippen molar-refractivity contribution in [2.24, 2.45) is 0 Å². The lowest BCUT2D eigenvalue weighted by Crippen LogP contribution is -2.47. The van der Waals surface area contributed by atoms with Crippen LogP contribution < -0.4 is 5.32 Å². The second-order valence-corrected chi connectivity index (χ2v) is 9.89. The first kappa shape index (κ1) is 20.0. The van der Waals surface area contributed by atoms with Crippen LogP contribution in [0.25, 0.3) is 10.4 Å². The number of benzene rings is 1. The Hall–Kier alpha value is -2.34. The minimum Gasteiger partial charge on any atom is -0.444 e. The van der Waals surface area contributed by atoms with Crippen LogP contribution in [0, 0.1) is 0 Å². The Labute approximate surface area is 176 Å². The maximum absolute atomic E-state index is 12.8. The number of nitrogens with one attached hydrogen (secondary N) is 1. The van der Waals surface area contributed by atoms with Crippen LogP contribution in [0.4, 0.5) is 4.79 Å². The fourth-order valence-electron chi connectivity index (χ4n) is 3.97. The number of likely N-dealkylation sites (tertiary alicyclic amines) is 1. The van der Waals surface area contributed by atoms with E-state index in [1.54, 1.807) is 16.2 Å². The molecular formula is C23H28N2O3S. The molecule has 0 radical (unpaired) electrons. The van der Waals surface area contributed by atoms with Gasteiger partial charge in [-0.2, -0.15) is 0 Å². The summed E-state index contributed by atoms with van der Waals surface area (Å²) < 4.78 is 5.44. The van der Waals surface area contributed by atoms with Crippen LogP contribution in [0.3, 0.4) is 0 Å². The first-order valence-electron chi connectivity index (χ1n) is 10.3. The molecule has 1 aromatic carbocycles. The van der Waals surface area contributed by atoms with Gasteiger partial charge in [-0.1, -0.05) is 24.3 Å². The molecule has 154 valence electrons. The van der Waals surface area contributed by atoms with Crippen molar-refractivity contribution >= 4 is 23.3 Å². The average Bonchev–Trinajstić information content (AvgIpc) is 3.12. The monoisotopic (exact) mass is 412 g/mol. The zero-order chi connectivity index (χ0) is 20.6. The van der Waals surface area contributed by atoms with Gasteiger partial charge in [0.1, 0.15) is 5.60 Å². The highest BCUT2D eigenvalue weighted by Crippen LogP contribution is 2.39. The lowest BCUT2D eigenvalue weighted by molar-refractivity contribution is 0.0200. The summed E-state index contributed by atoms with van der Waals surface area (Å²) in [5.74, 6) is -0.00222. The van der Waals surface area contributed by atoms with Crippen LogP contribution >= 0.6 is 11.3 Å². The predicted octanol–water partition coefficient (Wildman–Crippen LogP) is 4.64. The number of rotatable bonds is 2. The summed E-state index contributed by atoms with van der Waals surface area (Å²) in [4.78, 5) is 28.8. The van der Waals surface area contributed by atoms with E-state index in [1.807, 2.05) is 20.8 Å². The Bertz CT molecular complexity index is 920. The van der Waals surface area contributed by atoms with Crippen LogP contribution in [-0.2, 0) is 17.6 Å². The summed E-state index contributed by atoms with van der Waals surface area (Å²) in [6, 6.07) is 10.6. The first-order chi connectivity index (χ1) is 13.8. The Morgan fingerprint density at radius 1 is 1.10 bits per heavy atom. The zero-order valence-electron chi connectivity index (χ0n) is 17.3. The van der Waals surface area contributed by atoms with E-state index in [9.17, 15) is 9.59 Å². The molecular weight excluding hydrogens is 384 g/mol. The van der Waals surface area contributed by atoms with Crippen LogP contribution in [0.1, 0.15) is 54.4 Å². The number of hydrogen-bond acceptors (Lipinski definition) is 4. The lowest BCUT2D eigenvalue weighted by atomic mass is 9.91. The molecule has 2 aliphatic rings. The third-order valence-electron chi connectivity index (χ3n) is 5.44. The van der Waals surface area contributed by atoms with Crippen LogP contribution in [0.15, 0.2) is 30.3 Å². The van der Waals surface area contributed by atoms with Gasteiger partial charge in [0.15, 0.2) is 0 Å². The molecule has 5 nitrogen and oxygen atoms in total. The molecule has 29 heavy (non-hydrogen) atoms. The Morgan fingerprint density at radius 3 is 2.52 bits per heavy atom. The number of fused-ring (bicyclic) bond motifs is 3. The van der Waals surface area contributed by atoms with Crippen molar-refractivity contribution in [2.45, 2.75) is 58.1 Å². The number of thiophene rings is 1. The third kappa shape index (κ3) is 4.47. The van der Waals surface area contributed by atoms with Crippen molar-refractivity contribution in [3.8, 4) is 10.4 Å². The third-order valence-corrected chi connectivity index (χ3v) is 6.65.